The normalized spacial score (nSPS) is 16.8. The van der Waals surface area contributed by atoms with E-state index >= 15 is 0 Å². The lowest BCUT2D eigenvalue weighted by Crippen LogP contribution is -2.18. The maximum Gasteiger partial charge on any atom is 0.411 e. The molecule has 1 fully saturated rings. The van der Waals surface area contributed by atoms with Crippen molar-refractivity contribution < 1.29 is 28.9 Å². The standard InChI is InChI=1S/C15H17NO6/c1-2-6-21-15(19)16-13-4-3-10(8-12(13)14(17)18)22-11-5-7-20-9-11/h2-4,8,11H,1,5-7,9H2,(H,16,19)(H,17,18). The molecular formula is C15H17NO6. The third-order valence-electron chi connectivity index (χ3n) is 2.98. The lowest BCUT2D eigenvalue weighted by Gasteiger charge is -2.14. The molecule has 118 valence electrons. The van der Waals surface area contributed by atoms with Crippen LogP contribution in [0.3, 0.4) is 0 Å². The van der Waals surface area contributed by atoms with Gasteiger partial charge in [-0.05, 0) is 18.2 Å². The van der Waals surface area contributed by atoms with Crippen molar-refractivity contribution in [2.24, 2.45) is 0 Å². The monoisotopic (exact) mass is 307 g/mol. The average molecular weight is 307 g/mol. The van der Waals surface area contributed by atoms with Crippen molar-refractivity contribution in [3.63, 3.8) is 0 Å². The van der Waals surface area contributed by atoms with Crippen LogP contribution in [0, 0.1) is 0 Å². The lowest BCUT2D eigenvalue weighted by atomic mass is 10.1. The van der Waals surface area contributed by atoms with Gasteiger partial charge in [-0.2, -0.15) is 0 Å². The second-order valence-electron chi connectivity index (χ2n) is 4.63. The molecule has 1 heterocycles. The Morgan fingerprint density at radius 2 is 2.32 bits per heavy atom. The number of carbonyl (C=O) groups excluding carboxylic acids is 1. The molecule has 7 heteroatoms. The number of ether oxygens (including phenoxy) is 3. The van der Waals surface area contributed by atoms with Gasteiger partial charge in [0, 0.05) is 6.42 Å². The van der Waals surface area contributed by atoms with Gasteiger partial charge in [0.25, 0.3) is 0 Å². The summed E-state index contributed by atoms with van der Waals surface area (Å²) in [5, 5.41) is 11.6. The molecule has 1 aliphatic rings. The summed E-state index contributed by atoms with van der Waals surface area (Å²) in [6.45, 7) is 4.57. The van der Waals surface area contributed by atoms with Crippen LogP contribution in [-0.2, 0) is 9.47 Å². The topological polar surface area (TPSA) is 94.1 Å². The van der Waals surface area contributed by atoms with Crippen LogP contribution in [0.1, 0.15) is 16.8 Å². The highest BCUT2D eigenvalue weighted by atomic mass is 16.6. The minimum atomic E-state index is -1.17. The number of carbonyl (C=O) groups is 2. The number of hydrogen-bond donors (Lipinski definition) is 2. The molecule has 1 amide bonds. The zero-order valence-corrected chi connectivity index (χ0v) is 11.9. The second-order valence-corrected chi connectivity index (χ2v) is 4.63. The molecule has 1 aromatic rings. The van der Waals surface area contributed by atoms with Gasteiger partial charge in [-0.3, -0.25) is 5.32 Å². The fourth-order valence-electron chi connectivity index (χ4n) is 1.96. The summed E-state index contributed by atoms with van der Waals surface area (Å²) in [6, 6.07) is 4.42. The van der Waals surface area contributed by atoms with Crippen molar-refractivity contribution in [1.29, 1.82) is 0 Å². The first-order chi connectivity index (χ1) is 10.6. The molecule has 2 rings (SSSR count). The van der Waals surface area contributed by atoms with Gasteiger partial charge in [-0.25, -0.2) is 9.59 Å². The summed E-state index contributed by atoms with van der Waals surface area (Å²) >= 11 is 0. The highest BCUT2D eigenvalue weighted by Gasteiger charge is 2.19. The number of nitrogens with one attached hydrogen (secondary N) is 1. The van der Waals surface area contributed by atoms with Gasteiger partial charge in [0.05, 0.1) is 24.5 Å². The van der Waals surface area contributed by atoms with E-state index in [-0.39, 0.29) is 24.0 Å². The minimum Gasteiger partial charge on any atom is -0.488 e. The Morgan fingerprint density at radius 1 is 1.50 bits per heavy atom. The molecule has 0 saturated carbocycles. The maximum absolute atomic E-state index is 11.5. The third kappa shape index (κ3) is 4.23. The van der Waals surface area contributed by atoms with E-state index in [0.29, 0.717) is 19.0 Å². The number of rotatable bonds is 6. The number of aromatic carboxylic acids is 1. The van der Waals surface area contributed by atoms with Crippen molar-refractivity contribution in [2.45, 2.75) is 12.5 Å². The van der Waals surface area contributed by atoms with Gasteiger partial charge < -0.3 is 19.3 Å². The number of hydrogen-bond acceptors (Lipinski definition) is 5. The van der Waals surface area contributed by atoms with Gasteiger partial charge in [-0.15, -0.1) is 0 Å². The predicted molar refractivity (Wildman–Crippen MR) is 78.4 cm³/mol. The molecule has 1 saturated heterocycles. The summed E-state index contributed by atoms with van der Waals surface area (Å²) in [4.78, 5) is 22.8. The van der Waals surface area contributed by atoms with Crippen LogP contribution in [0.5, 0.6) is 5.75 Å². The van der Waals surface area contributed by atoms with E-state index in [1.165, 1.54) is 18.2 Å². The van der Waals surface area contributed by atoms with Crippen LogP contribution in [-0.4, -0.2) is 43.1 Å². The van der Waals surface area contributed by atoms with E-state index in [4.69, 9.17) is 14.2 Å². The smallest absolute Gasteiger partial charge is 0.411 e. The molecule has 2 N–H and O–H groups in total. The largest absolute Gasteiger partial charge is 0.488 e. The van der Waals surface area contributed by atoms with Gasteiger partial charge in [0.1, 0.15) is 18.5 Å². The number of carboxylic acids is 1. The first-order valence-electron chi connectivity index (χ1n) is 6.76. The summed E-state index contributed by atoms with van der Waals surface area (Å²) in [5.41, 5.74) is 0.0588. The molecule has 0 bridgehead atoms. The lowest BCUT2D eigenvalue weighted by molar-refractivity contribution is 0.0697. The van der Waals surface area contributed by atoms with Crippen molar-refractivity contribution in [3.8, 4) is 5.75 Å². The summed E-state index contributed by atoms with van der Waals surface area (Å²) in [5.74, 6) is -0.759. The molecule has 1 atom stereocenters. The molecule has 1 aliphatic heterocycles. The Kier molecular flexibility index (Phi) is 5.37. The second kappa shape index (κ2) is 7.46. The molecule has 0 spiro atoms. The highest BCUT2D eigenvalue weighted by molar-refractivity contribution is 5.99. The van der Waals surface area contributed by atoms with Crippen molar-refractivity contribution in [1.82, 2.24) is 0 Å². The fraction of sp³-hybridized carbons (Fsp3) is 0.333. The van der Waals surface area contributed by atoms with E-state index in [9.17, 15) is 14.7 Å². The first-order valence-corrected chi connectivity index (χ1v) is 6.76. The molecule has 0 aliphatic carbocycles. The molecule has 22 heavy (non-hydrogen) atoms. The number of carboxylic acid groups (broad SMARTS) is 1. The van der Waals surface area contributed by atoms with Crippen molar-refractivity contribution in [2.75, 3.05) is 25.1 Å². The number of benzene rings is 1. The van der Waals surface area contributed by atoms with Crippen LogP contribution >= 0.6 is 0 Å². The molecule has 0 radical (unpaired) electrons. The van der Waals surface area contributed by atoms with Crippen LogP contribution < -0.4 is 10.1 Å². The zero-order chi connectivity index (χ0) is 15.9. The van der Waals surface area contributed by atoms with Crippen molar-refractivity contribution >= 4 is 17.7 Å². The summed E-state index contributed by atoms with van der Waals surface area (Å²) in [7, 11) is 0. The average Bonchev–Trinajstić information content (AvgIpc) is 2.99. The Hall–Kier alpha value is -2.54. The number of amides is 1. The van der Waals surface area contributed by atoms with Crippen LogP contribution in [0.4, 0.5) is 10.5 Å². The zero-order valence-electron chi connectivity index (χ0n) is 11.9. The molecule has 1 unspecified atom stereocenters. The van der Waals surface area contributed by atoms with Crippen LogP contribution in [0.25, 0.3) is 0 Å². The first kappa shape index (κ1) is 15.8. The molecule has 1 aromatic carbocycles. The van der Waals surface area contributed by atoms with Crippen LogP contribution in [0.2, 0.25) is 0 Å². The third-order valence-corrected chi connectivity index (χ3v) is 2.98. The Balaban J connectivity index is 2.10. The molecule has 0 aromatic heterocycles. The quantitative estimate of drug-likeness (QED) is 0.783. The van der Waals surface area contributed by atoms with Gasteiger partial charge in [0.2, 0.25) is 0 Å². The van der Waals surface area contributed by atoms with Gasteiger partial charge in [0.15, 0.2) is 0 Å². The summed E-state index contributed by atoms with van der Waals surface area (Å²) < 4.78 is 15.6. The molecular weight excluding hydrogens is 290 g/mol. The minimum absolute atomic E-state index is 0.0388. The predicted octanol–water partition coefficient (Wildman–Crippen LogP) is 2.29. The van der Waals surface area contributed by atoms with E-state index in [1.54, 1.807) is 6.07 Å². The van der Waals surface area contributed by atoms with E-state index in [2.05, 4.69) is 11.9 Å². The van der Waals surface area contributed by atoms with Crippen LogP contribution in [0.15, 0.2) is 30.9 Å². The highest BCUT2D eigenvalue weighted by Crippen LogP contribution is 2.24. The van der Waals surface area contributed by atoms with Gasteiger partial charge >= 0.3 is 12.1 Å². The van der Waals surface area contributed by atoms with E-state index in [0.717, 1.165) is 6.42 Å². The molecule has 7 nitrogen and oxygen atoms in total. The number of anilines is 1. The van der Waals surface area contributed by atoms with E-state index < -0.39 is 12.1 Å². The van der Waals surface area contributed by atoms with Crippen molar-refractivity contribution in [3.05, 3.63) is 36.4 Å². The Bertz CT molecular complexity index is 565. The SMILES string of the molecule is C=CCOC(=O)Nc1ccc(OC2CCOC2)cc1C(=O)O. The fourth-order valence-corrected chi connectivity index (χ4v) is 1.96. The Morgan fingerprint density at radius 3 is 2.95 bits per heavy atom. The Labute approximate surface area is 127 Å². The van der Waals surface area contributed by atoms with Gasteiger partial charge in [-0.1, -0.05) is 12.7 Å². The maximum atomic E-state index is 11.5. The van der Waals surface area contributed by atoms with E-state index in [1.807, 2.05) is 0 Å². The summed E-state index contributed by atoms with van der Waals surface area (Å²) in [6.07, 6.45) is 1.34.